The van der Waals surface area contributed by atoms with E-state index >= 15 is 0 Å². The fraction of sp³-hybridized carbons (Fsp3) is 0.688. The van der Waals surface area contributed by atoms with Crippen molar-refractivity contribution in [2.45, 2.75) is 38.6 Å². The first-order valence-electron chi connectivity index (χ1n) is 7.78. The van der Waals surface area contributed by atoms with Crippen LogP contribution >= 0.6 is 0 Å². The zero-order chi connectivity index (χ0) is 17.9. The first-order chi connectivity index (χ1) is 11.2. The fourth-order valence-electron chi connectivity index (χ4n) is 2.72. The summed E-state index contributed by atoms with van der Waals surface area (Å²) in [6, 6.07) is 0. The van der Waals surface area contributed by atoms with Gasteiger partial charge in [-0.15, -0.1) is 0 Å². The molecule has 0 aromatic rings. The summed E-state index contributed by atoms with van der Waals surface area (Å²) in [5.74, 6) is -2.47. The van der Waals surface area contributed by atoms with Crippen LogP contribution in [0.3, 0.4) is 0 Å². The predicted octanol–water partition coefficient (Wildman–Crippen LogP) is 0.797. The molecule has 1 fully saturated rings. The summed E-state index contributed by atoms with van der Waals surface area (Å²) in [7, 11) is 1.27. The zero-order valence-corrected chi connectivity index (χ0v) is 14.2. The lowest BCUT2D eigenvalue weighted by molar-refractivity contribution is -0.158. The van der Waals surface area contributed by atoms with E-state index in [2.05, 4.69) is 5.32 Å². The minimum absolute atomic E-state index is 0.0242. The second-order valence-electron chi connectivity index (χ2n) is 6.62. The molecule has 134 valence electrons. The van der Waals surface area contributed by atoms with E-state index in [1.165, 1.54) is 7.11 Å². The Morgan fingerprint density at radius 1 is 1.08 bits per heavy atom. The minimum Gasteiger partial charge on any atom is -0.469 e. The van der Waals surface area contributed by atoms with E-state index in [-0.39, 0.29) is 13.2 Å². The van der Waals surface area contributed by atoms with Crippen LogP contribution in [0, 0.1) is 11.8 Å². The molecule has 2 aliphatic heterocycles. The van der Waals surface area contributed by atoms with Crippen molar-refractivity contribution in [2.24, 2.45) is 11.8 Å². The molecule has 0 aromatic heterocycles. The Kier molecular flexibility index (Phi) is 5.48. The number of hydrogen-bond acceptors (Lipinski definition) is 7. The number of ether oxygens (including phenoxy) is 4. The molecule has 0 aliphatic carbocycles. The number of esters is 2. The SMILES string of the molecule is COC(=O)C1C2C=CC(O2)C1C(=O)OCCNC(=O)OC(C)(C)C. The Balaban J connectivity index is 1.79. The van der Waals surface area contributed by atoms with E-state index in [0.717, 1.165) is 0 Å². The molecule has 4 atom stereocenters. The molecule has 0 radical (unpaired) electrons. The van der Waals surface area contributed by atoms with Crippen molar-refractivity contribution >= 4 is 18.0 Å². The summed E-state index contributed by atoms with van der Waals surface area (Å²) in [6.07, 6.45) is 1.97. The molecule has 2 aliphatic rings. The van der Waals surface area contributed by atoms with Crippen molar-refractivity contribution in [3.63, 3.8) is 0 Å². The fourth-order valence-corrected chi connectivity index (χ4v) is 2.72. The quantitative estimate of drug-likeness (QED) is 0.342. The largest absolute Gasteiger partial charge is 0.469 e. The zero-order valence-electron chi connectivity index (χ0n) is 14.2. The van der Waals surface area contributed by atoms with Crippen LogP contribution in [0.5, 0.6) is 0 Å². The Morgan fingerprint density at radius 3 is 2.21 bits per heavy atom. The van der Waals surface area contributed by atoms with Gasteiger partial charge in [0, 0.05) is 0 Å². The molecule has 0 spiro atoms. The van der Waals surface area contributed by atoms with Crippen molar-refractivity contribution in [3.8, 4) is 0 Å². The van der Waals surface area contributed by atoms with Gasteiger partial charge in [-0.1, -0.05) is 12.2 Å². The van der Waals surface area contributed by atoms with Crippen molar-refractivity contribution < 1.29 is 33.3 Å². The molecule has 0 aromatic carbocycles. The predicted molar refractivity (Wildman–Crippen MR) is 82.0 cm³/mol. The van der Waals surface area contributed by atoms with Crippen LogP contribution < -0.4 is 5.32 Å². The van der Waals surface area contributed by atoms with E-state index < -0.39 is 47.7 Å². The molecule has 2 rings (SSSR count). The molecule has 8 heteroatoms. The van der Waals surface area contributed by atoms with Gasteiger partial charge >= 0.3 is 18.0 Å². The topological polar surface area (TPSA) is 100 Å². The Morgan fingerprint density at radius 2 is 1.67 bits per heavy atom. The summed E-state index contributed by atoms with van der Waals surface area (Å²) < 4.78 is 20.5. The first kappa shape index (κ1) is 18.3. The number of rotatable bonds is 5. The minimum atomic E-state index is -0.728. The van der Waals surface area contributed by atoms with E-state index in [9.17, 15) is 14.4 Å². The van der Waals surface area contributed by atoms with E-state index in [1.54, 1.807) is 32.9 Å². The third kappa shape index (κ3) is 4.25. The van der Waals surface area contributed by atoms with Crippen LogP contribution in [-0.2, 0) is 28.5 Å². The van der Waals surface area contributed by atoms with Crippen LogP contribution in [0.1, 0.15) is 20.8 Å². The number of alkyl carbamates (subject to hydrolysis) is 1. The maximum atomic E-state index is 12.3. The second-order valence-corrected chi connectivity index (χ2v) is 6.62. The molecule has 8 nitrogen and oxygen atoms in total. The molecule has 1 saturated heterocycles. The molecule has 4 unspecified atom stereocenters. The molecule has 2 heterocycles. The summed E-state index contributed by atoms with van der Waals surface area (Å²) in [6.45, 7) is 5.34. The maximum Gasteiger partial charge on any atom is 0.407 e. The van der Waals surface area contributed by atoms with Gasteiger partial charge in [-0.3, -0.25) is 9.59 Å². The van der Waals surface area contributed by atoms with E-state index in [1.807, 2.05) is 0 Å². The first-order valence-corrected chi connectivity index (χ1v) is 7.78. The van der Waals surface area contributed by atoms with Crippen molar-refractivity contribution in [1.29, 1.82) is 0 Å². The smallest absolute Gasteiger partial charge is 0.407 e. The summed E-state index contributed by atoms with van der Waals surface area (Å²) >= 11 is 0. The van der Waals surface area contributed by atoms with Crippen molar-refractivity contribution in [3.05, 3.63) is 12.2 Å². The number of carbonyl (C=O) groups excluding carboxylic acids is 3. The highest BCUT2D eigenvalue weighted by Crippen LogP contribution is 2.40. The third-order valence-corrected chi connectivity index (χ3v) is 3.66. The van der Waals surface area contributed by atoms with Crippen molar-refractivity contribution in [2.75, 3.05) is 20.3 Å². The highest BCUT2D eigenvalue weighted by atomic mass is 16.6. The highest BCUT2D eigenvalue weighted by molar-refractivity contribution is 5.85. The van der Waals surface area contributed by atoms with Crippen molar-refractivity contribution in [1.82, 2.24) is 5.32 Å². The molecule has 1 N–H and O–H groups in total. The molecule has 0 saturated carbocycles. The molecule has 24 heavy (non-hydrogen) atoms. The number of hydrogen-bond donors (Lipinski definition) is 1. The van der Waals surface area contributed by atoms with Gasteiger partial charge in [0.25, 0.3) is 0 Å². The average molecular weight is 341 g/mol. The van der Waals surface area contributed by atoms with Gasteiger partial charge in [0.05, 0.1) is 25.9 Å². The normalized spacial score (nSPS) is 27.7. The monoisotopic (exact) mass is 341 g/mol. The van der Waals surface area contributed by atoms with Crippen LogP contribution in [-0.4, -0.2) is 56.1 Å². The van der Waals surface area contributed by atoms with Gasteiger partial charge in [-0.05, 0) is 20.8 Å². The Bertz CT molecular complexity index is 537. The molecule has 1 amide bonds. The molecule has 2 bridgehead atoms. The van der Waals surface area contributed by atoms with E-state index in [4.69, 9.17) is 18.9 Å². The lowest BCUT2D eigenvalue weighted by Crippen LogP contribution is -2.39. The molecular formula is C16H23NO7. The average Bonchev–Trinajstić information content (AvgIpc) is 3.09. The number of carbonyl (C=O) groups is 3. The van der Waals surface area contributed by atoms with E-state index in [0.29, 0.717) is 0 Å². The highest BCUT2D eigenvalue weighted by Gasteiger charge is 2.54. The molecular weight excluding hydrogens is 318 g/mol. The summed E-state index contributed by atoms with van der Waals surface area (Å²) in [5, 5.41) is 2.49. The number of amides is 1. The van der Waals surface area contributed by atoms with Crippen LogP contribution in [0.25, 0.3) is 0 Å². The van der Waals surface area contributed by atoms with Gasteiger partial charge in [0.2, 0.25) is 0 Å². The van der Waals surface area contributed by atoms with Crippen LogP contribution in [0.2, 0.25) is 0 Å². The lowest BCUT2D eigenvalue weighted by atomic mass is 9.83. The summed E-state index contributed by atoms with van der Waals surface area (Å²) in [5.41, 5.74) is -0.596. The van der Waals surface area contributed by atoms with Gasteiger partial charge < -0.3 is 24.3 Å². The Hall–Kier alpha value is -2.09. The number of nitrogens with one attached hydrogen (secondary N) is 1. The lowest BCUT2D eigenvalue weighted by Gasteiger charge is -2.22. The standard InChI is InChI=1S/C16H23NO7/c1-16(2,3)24-15(20)17-7-8-22-14(19)12-10-6-5-9(23-10)11(12)13(18)21-4/h5-6,9-12H,7-8H2,1-4H3,(H,17,20). The number of methoxy groups -OCH3 is 1. The Labute approximate surface area is 140 Å². The number of fused-ring (bicyclic) bond motifs is 2. The third-order valence-electron chi connectivity index (χ3n) is 3.66. The van der Waals surface area contributed by atoms with Crippen LogP contribution in [0.15, 0.2) is 12.2 Å². The van der Waals surface area contributed by atoms with Crippen LogP contribution in [0.4, 0.5) is 4.79 Å². The van der Waals surface area contributed by atoms with Gasteiger partial charge in [-0.2, -0.15) is 0 Å². The van der Waals surface area contributed by atoms with Gasteiger partial charge in [-0.25, -0.2) is 4.79 Å². The second kappa shape index (κ2) is 7.21. The maximum absolute atomic E-state index is 12.3. The summed E-state index contributed by atoms with van der Waals surface area (Å²) in [4.78, 5) is 35.6. The van der Waals surface area contributed by atoms with Gasteiger partial charge in [0.15, 0.2) is 0 Å². The van der Waals surface area contributed by atoms with Gasteiger partial charge in [0.1, 0.15) is 24.0 Å².